The average Bonchev–Trinajstić information content (AvgIpc) is 2.40. The van der Waals surface area contributed by atoms with Crippen LogP contribution >= 0.6 is 11.6 Å². The number of fused-ring (bicyclic) bond motifs is 1. The van der Waals surface area contributed by atoms with Crippen LogP contribution in [-0.2, 0) is 23.3 Å². The largest absolute Gasteiger partial charge is 0.741 e. The van der Waals surface area contributed by atoms with Gasteiger partial charge in [0, 0.05) is 6.07 Å². The molecule has 0 unspecified atom stereocenters. The zero-order chi connectivity index (χ0) is 18.9. The smallest absolute Gasteiger partial charge is 0.485 e. The topological polar surface area (TPSA) is 61.1 Å². The van der Waals surface area contributed by atoms with Gasteiger partial charge in [0.15, 0.2) is 16.3 Å². The Morgan fingerprint density at radius 3 is 2.00 bits per heavy atom. The quantitative estimate of drug-likeness (QED) is 0.297. The minimum atomic E-state index is -6.09. The minimum absolute atomic E-state index is 0.0995. The van der Waals surface area contributed by atoms with E-state index in [0.29, 0.717) is 10.4 Å². The van der Waals surface area contributed by atoms with Crippen LogP contribution in [0.15, 0.2) is 30.5 Å². The van der Waals surface area contributed by atoms with Crippen LogP contribution < -0.4 is 4.57 Å². The van der Waals surface area contributed by atoms with Crippen molar-refractivity contribution in [2.24, 2.45) is 7.05 Å². The molecule has 1 aromatic carbocycles. The van der Waals surface area contributed by atoms with Crippen molar-refractivity contribution in [3.63, 3.8) is 0 Å². The van der Waals surface area contributed by atoms with Crippen LogP contribution in [-0.4, -0.2) is 18.5 Å². The lowest BCUT2D eigenvalue weighted by atomic mass is 10.1. The van der Waals surface area contributed by atoms with Crippen molar-refractivity contribution in [3.8, 4) is 0 Å². The highest BCUT2D eigenvalue weighted by Crippen LogP contribution is 2.34. The van der Waals surface area contributed by atoms with E-state index in [1.165, 1.54) is 16.8 Å². The summed E-state index contributed by atoms with van der Waals surface area (Å²) in [4.78, 5) is 0. The van der Waals surface area contributed by atoms with Crippen LogP contribution in [0, 0.1) is 0 Å². The van der Waals surface area contributed by atoms with Crippen LogP contribution in [0.2, 0.25) is 5.02 Å². The van der Waals surface area contributed by atoms with Crippen LogP contribution in [0.5, 0.6) is 0 Å². The van der Waals surface area contributed by atoms with Crippen molar-refractivity contribution in [2.75, 3.05) is 0 Å². The predicted octanol–water partition coefficient (Wildman–Crippen LogP) is 3.39. The number of hydrogen-bond acceptors (Lipinski definition) is 3. The maximum absolute atomic E-state index is 12.8. The van der Waals surface area contributed by atoms with Gasteiger partial charge in [0.1, 0.15) is 12.6 Å². The zero-order valence-electron chi connectivity index (χ0n) is 11.6. The molecule has 1 heterocycles. The van der Waals surface area contributed by atoms with Gasteiger partial charge in [0.05, 0.1) is 10.4 Å². The van der Waals surface area contributed by atoms with Crippen LogP contribution in [0.4, 0.5) is 26.3 Å². The first kappa shape index (κ1) is 20.5. The molecule has 1 aromatic heterocycles. The van der Waals surface area contributed by atoms with Crippen LogP contribution in [0.1, 0.15) is 5.56 Å². The maximum Gasteiger partial charge on any atom is 0.485 e. The van der Waals surface area contributed by atoms with Crippen molar-refractivity contribution in [1.29, 1.82) is 0 Å². The Bertz CT molecular complexity index is 848. The Balaban J connectivity index is 0.000000307. The van der Waals surface area contributed by atoms with Gasteiger partial charge in [0.2, 0.25) is 5.52 Å². The third-order valence-electron chi connectivity index (χ3n) is 2.68. The van der Waals surface area contributed by atoms with Crippen molar-refractivity contribution < 1.29 is 43.9 Å². The standard InChI is InChI=1S/C11H8ClF3N.CHF3O3S/c1-16-6-5-9(12)7-3-2-4-8(10(7)16)11(13,14)15;2-1(3,4)8(5,6)7/h2-6H,1H3;(H,5,6,7)/q+1;/p-1. The van der Waals surface area contributed by atoms with Gasteiger partial charge in [-0.05, 0) is 12.1 Å². The molecule has 0 saturated heterocycles. The van der Waals surface area contributed by atoms with E-state index in [2.05, 4.69) is 0 Å². The molecule has 0 bridgehead atoms. The van der Waals surface area contributed by atoms with Gasteiger partial charge < -0.3 is 4.55 Å². The number of nitrogens with zero attached hydrogens (tertiary/aromatic N) is 1. The van der Waals surface area contributed by atoms with Crippen LogP contribution in [0.3, 0.4) is 0 Å². The summed E-state index contributed by atoms with van der Waals surface area (Å²) in [5, 5.41) is 0.723. The second-order valence-corrected chi connectivity index (χ2v) is 6.15. The highest BCUT2D eigenvalue weighted by Gasteiger charge is 2.37. The summed E-state index contributed by atoms with van der Waals surface area (Å²) < 4.78 is 98.6. The number of pyridine rings is 1. The van der Waals surface area contributed by atoms with Gasteiger partial charge in [-0.15, -0.1) is 0 Å². The molecule has 0 N–H and O–H groups in total. The fourth-order valence-corrected chi connectivity index (χ4v) is 1.90. The third-order valence-corrected chi connectivity index (χ3v) is 3.58. The summed E-state index contributed by atoms with van der Waals surface area (Å²) in [7, 11) is -4.53. The summed E-state index contributed by atoms with van der Waals surface area (Å²) >= 11 is 5.87. The van der Waals surface area contributed by atoms with Gasteiger partial charge in [-0.3, -0.25) is 0 Å². The summed E-state index contributed by atoms with van der Waals surface area (Å²) in [6.07, 6.45) is -2.86. The number of para-hydroxylation sites is 1. The molecule has 4 nitrogen and oxygen atoms in total. The predicted molar refractivity (Wildman–Crippen MR) is 70.9 cm³/mol. The number of aryl methyl sites for hydroxylation is 1. The molecule has 0 fully saturated rings. The van der Waals surface area contributed by atoms with E-state index in [1.54, 1.807) is 19.2 Å². The molecule has 24 heavy (non-hydrogen) atoms. The lowest BCUT2D eigenvalue weighted by Crippen LogP contribution is -2.30. The van der Waals surface area contributed by atoms with Gasteiger partial charge in [-0.2, -0.15) is 26.3 Å². The Morgan fingerprint density at radius 1 is 1.08 bits per heavy atom. The molecule has 2 aromatic rings. The Labute approximate surface area is 137 Å². The molecule has 0 atom stereocenters. The normalized spacial score (nSPS) is 12.7. The number of alkyl halides is 6. The molecule has 0 radical (unpaired) electrons. The number of rotatable bonds is 0. The fourth-order valence-electron chi connectivity index (χ4n) is 1.69. The Morgan fingerprint density at radius 2 is 1.58 bits per heavy atom. The van der Waals surface area contributed by atoms with E-state index < -0.39 is 27.4 Å². The first-order valence-corrected chi connectivity index (χ1v) is 7.61. The van der Waals surface area contributed by atoms with E-state index in [-0.39, 0.29) is 5.52 Å². The minimum Gasteiger partial charge on any atom is -0.741 e. The number of halogens is 7. The molecule has 134 valence electrons. The number of hydrogen-bond donors (Lipinski definition) is 0. The van der Waals surface area contributed by atoms with Crippen molar-refractivity contribution in [3.05, 3.63) is 41.0 Å². The van der Waals surface area contributed by atoms with Gasteiger partial charge in [-0.25, -0.2) is 13.0 Å². The maximum atomic E-state index is 12.8. The fraction of sp³-hybridized carbons (Fsp3) is 0.250. The first-order valence-electron chi connectivity index (χ1n) is 5.82. The van der Waals surface area contributed by atoms with Crippen molar-refractivity contribution in [1.82, 2.24) is 0 Å². The van der Waals surface area contributed by atoms with E-state index >= 15 is 0 Å². The molecule has 0 saturated carbocycles. The van der Waals surface area contributed by atoms with Gasteiger partial charge in [-0.1, -0.05) is 17.7 Å². The summed E-state index contributed by atoms with van der Waals surface area (Å²) in [6, 6.07) is 5.56. The Hall–Kier alpha value is -1.59. The second kappa shape index (κ2) is 6.73. The van der Waals surface area contributed by atoms with Gasteiger partial charge >= 0.3 is 11.7 Å². The van der Waals surface area contributed by atoms with Crippen molar-refractivity contribution in [2.45, 2.75) is 11.7 Å². The number of aromatic nitrogens is 1. The molecule has 0 spiro atoms. The molecule has 0 aliphatic carbocycles. The van der Waals surface area contributed by atoms with Crippen LogP contribution in [0.25, 0.3) is 10.9 Å². The Kier molecular flexibility index (Phi) is 5.73. The zero-order valence-corrected chi connectivity index (χ0v) is 13.2. The molecule has 2 rings (SSSR count). The highest BCUT2D eigenvalue weighted by molar-refractivity contribution is 7.86. The lowest BCUT2D eigenvalue weighted by molar-refractivity contribution is -0.645. The van der Waals surface area contributed by atoms with E-state index in [4.69, 9.17) is 24.6 Å². The van der Waals surface area contributed by atoms with E-state index in [9.17, 15) is 26.3 Å². The molecule has 0 amide bonds. The highest BCUT2D eigenvalue weighted by atomic mass is 35.5. The van der Waals surface area contributed by atoms with Gasteiger partial charge in [0.25, 0.3) is 0 Å². The molecular formula is C12H8ClF6NO3S. The summed E-state index contributed by atoms with van der Waals surface area (Å²) in [5.74, 6) is 0. The molecular weight excluding hydrogens is 388 g/mol. The average molecular weight is 396 g/mol. The monoisotopic (exact) mass is 395 g/mol. The molecule has 12 heteroatoms. The third kappa shape index (κ3) is 4.71. The number of benzene rings is 1. The summed E-state index contributed by atoms with van der Waals surface area (Å²) in [6.45, 7) is 0. The first-order chi connectivity index (χ1) is 10.7. The lowest BCUT2D eigenvalue weighted by Gasteiger charge is -2.08. The van der Waals surface area contributed by atoms with E-state index in [0.717, 1.165) is 6.07 Å². The molecule has 0 aliphatic heterocycles. The van der Waals surface area contributed by atoms with E-state index in [1.807, 2.05) is 0 Å². The summed E-state index contributed by atoms with van der Waals surface area (Å²) in [5.41, 5.74) is -6.22. The SMILES string of the molecule is C[n+]1ccc(Cl)c2cccc(C(F)(F)F)c21.O=S(=O)([O-])C(F)(F)F. The molecule has 0 aliphatic rings. The van der Waals surface area contributed by atoms with Crippen molar-refractivity contribution >= 4 is 32.6 Å². The second-order valence-electron chi connectivity index (χ2n) is 4.37.